The van der Waals surface area contributed by atoms with Crippen molar-refractivity contribution in [2.24, 2.45) is 22.2 Å². The van der Waals surface area contributed by atoms with Crippen molar-refractivity contribution in [3.63, 3.8) is 0 Å². The molecule has 3 fully saturated rings. The molecule has 0 heterocycles. The van der Waals surface area contributed by atoms with E-state index in [-0.39, 0.29) is 0 Å². The summed E-state index contributed by atoms with van der Waals surface area (Å²) in [7, 11) is 0. The summed E-state index contributed by atoms with van der Waals surface area (Å²) in [6, 6.07) is 0.751. The number of rotatable bonds is 3. The summed E-state index contributed by atoms with van der Waals surface area (Å²) in [6.45, 7) is 11.3. The van der Waals surface area contributed by atoms with Gasteiger partial charge in [0.2, 0.25) is 0 Å². The summed E-state index contributed by atoms with van der Waals surface area (Å²) >= 11 is 0. The zero-order valence-electron chi connectivity index (χ0n) is 12.8. The van der Waals surface area contributed by atoms with Crippen LogP contribution in [0.3, 0.4) is 0 Å². The third-order valence-electron chi connectivity index (χ3n) is 6.81. The number of hydrogen-bond donors (Lipinski definition) is 1. The molecule has 0 saturated heterocycles. The Hall–Kier alpha value is -0.0400. The minimum Gasteiger partial charge on any atom is -0.312 e. The largest absolute Gasteiger partial charge is 0.312 e. The Morgan fingerprint density at radius 1 is 1.00 bits per heavy atom. The van der Waals surface area contributed by atoms with Crippen LogP contribution in [0.15, 0.2) is 0 Å². The first-order valence-corrected chi connectivity index (χ1v) is 8.09. The van der Waals surface area contributed by atoms with E-state index in [0.717, 1.165) is 12.0 Å². The Morgan fingerprint density at radius 2 is 1.67 bits per heavy atom. The molecule has 1 unspecified atom stereocenters. The number of nitrogens with one attached hydrogen (secondary N) is 1. The molecular weight excluding hydrogens is 218 g/mol. The van der Waals surface area contributed by atoms with Gasteiger partial charge in [-0.1, -0.05) is 40.5 Å². The van der Waals surface area contributed by atoms with E-state index in [4.69, 9.17) is 0 Å². The van der Waals surface area contributed by atoms with Crippen LogP contribution in [-0.2, 0) is 0 Å². The van der Waals surface area contributed by atoms with Crippen LogP contribution < -0.4 is 5.32 Å². The van der Waals surface area contributed by atoms with Crippen molar-refractivity contribution in [1.29, 1.82) is 0 Å². The molecule has 1 N–H and O–H groups in total. The minimum atomic E-state index is 0.516. The van der Waals surface area contributed by atoms with Crippen LogP contribution in [0.2, 0.25) is 0 Å². The molecule has 0 aliphatic heterocycles. The topological polar surface area (TPSA) is 12.0 Å². The van der Waals surface area contributed by atoms with Crippen LogP contribution in [0.1, 0.15) is 72.6 Å². The van der Waals surface area contributed by atoms with Gasteiger partial charge in [0.15, 0.2) is 0 Å². The Kier molecular flexibility index (Phi) is 2.86. The smallest absolute Gasteiger partial charge is 0.0175 e. The van der Waals surface area contributed by atoms with Crippen molar-refractivity contribution >= 4 is 0 Å². The van der Waals surface area contributed by atoms with Gasteiger partial charge in [0.05, 0.1) is 0 Å². The van der Waals surface area contributed by atoms with E-state index >= 15 is 0 Å². The van der Waals surface area contributed by atoms with Gasteiger partial charge in [0.25, 0.3) is 0 Å². The van der Waals surface area contributed by atoms with Crippen LogP contribution in [0, 0.1) is 22.2 Å². The molecule has 18 heavy (non-hydrogen) atoms. The predicted molar refractivity (Wildman–Crippen MR) is 77.6 cm³/mol. The van der Waals surface area contributed by atoms with Crippen LogP contribution in [0.25, 0.3) is 0 Å². The first-order valence-electron chi connectivity index (χ1n) is 8.09. The van der Waals surface area contributed by atoms with E-state index in [1.807, 2.05) is 0 Å². The second kappa shape index (κ2) is 3.98. The normalized spacial score (nSPS) is 44.7. The lowest BCUT2D eigenvalue weighted by Crippen LogP contribution is -2.52. The van der Waals surface area contributed by atoms with Crippen molar-refractivity contribution in [3.8, 4) is 0 Å². The fraction of sp³-hybridized carbons (Fsp3) is 1.00. The first kappa shape index (κ1) is 13.0. The maximum absolute atomic E-state index is 4.03. The van der Waals surface area contributed by atoms with Crippen molar-refractivity contribution in [3.05, 3.63) is 0 Å². The summed E-state index contributed by atoms with van der Waals surface area (Å²) in [6.07, 6.45) is 10.2. The fourth-order valence-corrected chi connectivity index (χ4v) is 5.57. The van der Waals surface area contributed by atoms with Crippen molar-refractivity contribution < 1.29 is 0 Å². The zero-order valence-corrected chi connectivity index (χ0v) is 12.8. The summed E-state index contributed by atoms with van der Waals surface area (Å²) in [4.78, 5) is 0. The maximum atomic E-state index is 4.03. The maximum Gasteiger partial charge on any atom is 0.0175 e. The predicted octanol–water partition coefficient (Wildman–Crippen LogP) is 4.37. The molecule has 3 atom stereocenters. The second-order valence-corrected chi connectivity index (χ2v) is 8.75. The van der Waals surface area contributed by atoms with Crippen LogP contribution in [0.5, 0.6) is 0 Å². The Labute approximate surface area is 113 Å². The highest BCUT2D eigenvalue weighted by molar-refractivity contribution is 5.12. The molecule has 0 aromatic rings. The third kappa shape index (κ3) is 1.85. The van der Waals surface area contributed by atoms with Gasteiger partial charge in [-0.25, -0.2) is 0 Å². The van der Waals surface area contributed by atoms with Gasteiger partial charge in [-0.3, -0.25) is 0 Å². The highest BCUT2D eigenvalue weighted by Crippen LogP contribution is 2.62. The quantitative estimate of drug-likeness (QED) is 0.783. The van der Waals surface area contributed by atoms with Crippen LogP contribution in [0.4, 0.5) is 0 Å². The molecule has 1 nitrogen and oxygen atoms in total. The van der Waals surface area contributed by atoms with Gasteiger partial charge in [0, 0.05) is 12.6 Å². The van der Waals surface area contributed by atoms with E-state index in [9.17, 15) is 0 Å². The van der Waals surface area contributed by atoms with Crippen LogP contribution >= 0.6 is 0 Å². The monoisotopic (exact) mass is 249 g/mol. The molecule has 3 saturated carbocycles. The summed E-state index contributed by atoms with van der Waals surface area (Å²) in [5.74, 6) is 0.969. The molecule has 0 spiro atoms. The van der Waals surface area contributed by atoms with Gasteiger partial charge in [-0.15, -0.1) is 0 Å². The molecule has 0 amide bonds. The van der Waals surface area contributed by atoms with E-state index in [0.29, 0.717) is 16.2 Å². The molecule has 1 heteroatoms. The molecular formula is C17H31N. The van der Waals surface area contributed by atoms with Gasteiger partial charge < -0.3 is 5.32 Å². The highest BCUT2D eigenvalue weighted by Gasteiger charge is 2.59. The summed E-state index contributed by atoms with van der Waals surface area (Å²) in [5, 5.41) is 4.03. The van der Waals surface area contributed by atoms with E-state index in [1.165, 1.54) is 51.5 Å². The molecule has 0 radical (unpaired) electrons. The highest BCUT2D eigenvalue weighted by atomic mass is 15.0. The minimum absolute atomic E-state index is 0.516. The van der Waals surface area contributed by atoms with Crippen molar-refractivity contribution in [2.45, 2.75) is 78.7 Å². The Balaban J connectivity index is 1.68. The molecule has 0 aromatic carbocycles. The average Bonchev–Trinajstić information content (AvgIpc) is 2.90. The lowest BCUT2D eigenvalue weighted by Gasteiger charge is -2.44. The fourth-order valence-electron chi connectivity index (χ4n) is 5.57. The van der Waals surface area contributed by atoms with Gasteiger partial charge >= 0.3 is 0 Å². The SMILES string of the molecule is CC1(CNC2C(C)(C)[C@H]3CC[C@]2(C)C3)CCCC1. The molecule has 3 rings (SSSR count). The molecule has 0 aromatic heterocycles. The molecule has 2 bridgehead atoms. The van der Waals surface area contributed by atoms with Crippen molar-refractivity contribution in [1.82, 2.24) is 5.32 Å². The second-order valence-electron chi connectivity index (χ2n) is 8.75. The average molecular weight is 249 g/mol. The summed E-state index contributed by atoms with van der Waals surface area (Å²) < 4.78 is 0. The standard InChI is InChI=1S/C17H31N/c1-15(2)13-7-10-17(4,11-13)14(15)18-12-16(3)8-5-6-9-16/h13-14,18H,5-12H2,1-4H3/t13-,14?,17+/m0/s1. The van der Waals surface area contributed by atoms with Gasteiger partial charge in [-0.2, -0.15) is 0 Å². The van der Waals surface area contributed by atoms with Gasteiger partial charge in [0.1, 0.15) is 0 Å². The lowest BCUT2D eigenvalue weighted by atomic mass is 9.68. The first-order chi connectivity index (χ1) is 8.36. The summed E-state index contributed by atoms with van der Waals surface area (Å²) in [5.41, 5.74) is 1.69. The Bertz CT molecular complexity index is 322. The number of fused-ring (bicyclic) bond motifs is 2. The van der Waals surface area contributed by atoms with E-state index in [1.54, 1.807) is 0 Å². The third-order valence-corrected chi connectivity index (χ3v) is 6.81. The van der Waals surface area contributed by atoms with E-state index < -0.39 is 0 Å². The lowest BCUT2D eigenvalue weighted by molar-refractivity contribution is 0.0971. The molecule has 104 valence electrons. The Morgan fingerprint density at radius 3 is 2.22 bits per heavy atom. The van der Waals surface area contributed by atoms with Crippen LogP contribution in [-0.4, -0.2) is 12.6 Å². The molecule has 3 aliphatic rings. The molecule has 3 aliphatic carbocycles. The van der Waals surface area contributed by atoms with Crippen molar-refractivity contribution in [2.75, 3.05) is 6.54 Å². The zero-order chi connectivity index (χ0) is 13.0. The van der Waals surface area contributed by atoms with E-state index in [2.05, 4.69) is 33.0 Å². The van der Waals surface area contributed by atoms with Gasteiger partial charge in [-0.05, 0) is 54.3 Å². The number of hydrogen-bond acceptors (Lipinski definition) is 1.